The highest BCUT2D eigenvalue weighted by Gasteiger charge is 2.18. The van der Waals surface area contributed by atoms with Crippen LogP contribution in [-0.2, 0) is 11.2 Å². The van der Waals surface area contributed by atoms with Gasteiger partial charge < -0.3 is 10.1 Å². The Hall–Kier alpha value is -1.49. The summed E-state index contributed by atoms with van der Waals surface area (Å²) >= 11 is 1.35. The van der Waals surface area contributed by atoms with Gasteiger partial charge in [-0.15, -0.1) is 11.8 Å². The monoisotopic (exact) mass is 236 g/mol. The van der Waals surface area contributed by atoms with Gasteiger partial charge in [-0.25, -0.2) is 4.98 Å². The van der Waals surface area contributed by atoms with Crippen molar-refractivity contribution in [1.82, 2.24) is 9.97 Å². The van der Waals surface area contributed by atoms with E-state index in [9.17, 15) is 4.79 Å². The molecule has 0 saturated heterocycles. The molecule has 0 aliphatic heterocycles. The topological polar surface area (TPSA) is 66.0 Å². The van der Waals surface area contributed by atoms with Gasteiger partial charge in [0.25, 0.3) is 0 Å². The van der Waals surface area contributed by atoms with Crippen LogP contribution in [0.15, 0.2) is 24.5 Å². The average Bonchev–Trinajstić information content (AvgIpc) is 2.69. The van der Waals surface area contributed by atoms with Gasteiger partial charge in [0.15, 0.2) is 0 Å². The van der Waals surface area contributed by atoms with E-state index in [0.29, 0.717) is 6.42 Å². The number of hydrogen-bond acceptors (Lipinski definition) is 3. The molecule has 1 atom stereocenters. The van der Waals surface area contributed by atoms with Crippen LogP contribution < -0.4 is 0 Å². The van der Waals surface area contributed by atoms with Gasteiger partial charge in [-0.1, -0.05) is 0 Å². The molecule has 2 N–H and O–H groups in total. The van der Waals surface area contributed by atoms with Crippen LogP contribution in [-0.4, -0.2) is 32.5 Å². The average molecular weight is 236 g/mol. The van der Waals surface area contributed by atoms with E-state index in [2.05, 4.69) is 9.97 Å². The summed E-state index contributed by atoms with van der Waals surface area (Å²) in [7, 11) is 0. The van der Waals surface area contributed by atoms with Gasteiger partial charge in [0, 0.05) is 17.8 Å². The van der Waals surface area contributed by atoms with Crippen molar-refractivity contribution < 1.29 is 9.90 Å². The molecule has 0 amide bonds. The second kappa shape index (κ2) is 4.57. The Morgan fingerprint density at radius 2 is 2.50 bits per heavy atom. The summed E-state index contributed by atoms with van der Waals surface area (Å²) in [5, 5.41) is 9.60. The van der Waals surface area contributed by atoms with Gasteiger partial charge in [-0.2, -0.15) is 0 Å². The van der Waals surface area contributed by atoms with E-state index < -0.39 is 11.2 Å². The number of carbonyl (C=O) groups is 1. The molecule has 16 heavy (non-hydrogen) atoms. The minimum absolute atomic E-state index is 0.404. The molecular weight excluding hydrogens is 224 g/mol. The molecule has 0 aromatic carbocycles. The van der Waals surface area contributed by atoms with Crippen molar-refractivity contribution >= 4 is 28.8 Å². The van der Waals surface area contributed by atoms with E-state index in [-0.39, 0.29) is 0 Å². The zero-order chi connectivity index (χ0) is 11.5. The van der Waals surface area contributed by atoms with Crippen LogP contribution in [0.5, 0.6) is 0 Å². The molecule has 2 rings (SSSR count). The van der Waals surface area contributed by atoms with E-state index in [0.717, 1.165) is 16.6 Å². The van der Waals surface area contributed by atoms with E-state index in [1.54, 1.807) is 6.20 Å². The molecule has 2 heterocycles. The first-order valence-corrected chi connectivity index (χ1v) is 6.17. The first-order valence-electron chi connectivity index (χ1n) is 4.89. The van der Waals surface area contributed by atoms with Crippen molar-refractivity contribution in [3.63, 3.8) is 0 Å². The number of aromatic amines is 1. The molecule has 0 radical (unpaired) electrons. The Labute approximate surface area is 97.1 Å². The van der Waals surface area contributed by atoms with Crippen LogP contribution in [0.3, 0.4) is 0 Å². The number of pyridine rings is 1. The predicted octanol–water partition coefficient (Wildman–Crippen LogP) is 1.92. The second-order valence-corrected chi connectivity index (χ2v) is 4.52. The normalized spacial score (nSPS) is 12.8. The molecule has 0 saturated carbocycles. The van der Waals surface area contributed by atoms with Crippen molar-refractivity contribution in [1.29, 1.82) is 0 Å². The summed E-state index contributed by atoms with van der Waals surface area (Å²) < 4.78 is 0. The predicted molar refractivity (Wildman–Crippen MR) is 64.7 cm³/mol. The summed E-state index contributed by atoms with van der Waals surface area (Å²) in [5.74, 6) is -0.772. The van der Waals surface area contributed by atoms with E-state index in [4.69, 9.17) is 5.11 Å². The lowest BCUT2D eigenvalue weighted by Gasteiger charge is -2.07. The molecule has 2 aromatic rings. The number of H-pyrrole nitrogens is 1. The number of fused-ring (bicyclic) bond motifs is 1. The van der Waals surface area contributed by atoms with E-state index in [1.165, 1.54) is 11.8 Å². The molecular formula is C11H12N2O2S. The van der Waals surface area contributed by atoms with E-state index in [1.807, 2.05) is 24.6 Å². The number of rotatable bonds is 4. The maximum atomic E-state index is 10.9. The number of carboxylic acids is 1. The zero-order valence-corrected chi connectivity index (χ0v) is 9.62. The Balaban J connectivity index is 2.30. The third-order valence-electron chi connectivity index (χ3n) is 2.50. The summed E-state index contributed by atoms with van der Waals surface area (Å²) in [6.07, 6.45) is 5.88. The maximum Gasteiger partial charge on any atom is 0.316 e. The Bertz CT molecular complexity index is 509. The number of nitrogens with zero attached hydrogens (tertiary/aromatic N) is 1. The van der Waals surface area contributed by atoms with Crippen molar-refractivity contribution in [2.45, 2.75) is 11.7 Å². The summed E-state index contributed by atoms with van der Waals surface area (Å²) in [5.41, 5.74) is 1.81. The van der Waals surface area contributed by atoms with Gasteiger partial charge >= 0.3 is 5.97 Å². The van der Waals surface area contributed by atoms with Gasteiger partial charge in [-0.05, 0) is 30.4 Å². The maximum absolute atomic E-state index is 10.9. The first kappa shape index (κ1) is 11.0. The fraction of sp³-hybridized carbons (Fsp3) is 0.273. The third kappa shape index (κ3) is 2.04. The lowest BCUT2D eigenvalue weighted by molar-refractivity contribution is -0.136. The second-order valence-electron chi connectivity index (χ2n) is 3.48. The number of aromatic nitrogens is 2. The van der Waals surface area contributed by atoms with Gasteiger partial charge in [0.1, 0.15) is 10.9 Å². The van der Waals surface area contributed by atoms with Crippen molar-refractivity contribution in [2.24, 2.45) is 0 Å². The van der Waals surface area contributed by atoms with Crippen LogP contribution in [0.25, 0.3) is 11.0 Å². The number of hydrogen-bond donors (Lipinski definition) is 2. The molecule has 0 fully saturated rings. The molecule has 0 spiro atoms. The zero-order valence-electron chi connectivity index (χ0n) is 8.80. The van der Waals surface area contributed by atoms with Crippen LogP contribution in [0.4, 0.5) is 0 Å². The van der Waals surface area contributed by atoms with Gasteiger partial charge in [-0.3, -0.25) is 4.79 Å². The molecule has 2 aromatic heterocycles. The summed E-state index contributed by atoms with van der Waals surface area (Å²) in [4.78, 5) is 18.2. The van der Waals surface area contributed by atoms with Crippen LogP contribution in [0.1, 0.15) is 5.56 Å². The minimum Gasteiger partial charge on any atom is -0.480 e. The van der Waals surface area contributed by atoms with Crippen LogP contribution in [0, 0.1) is 0 Å². The fourth-order valence-electron chi connectivity index (χ4n) is 1.65. The van der Waals surface area contributed by atoms with Crippen molar-refractivity contribution in [2.75, 3.05) is 6.26 Å². The smallest absolute Gasteiger partial charge is 0.316 e. The number of aliphatic carboxylic acids is 1. The molecule has 0 aliphatic rings. The third-order valence-corrected chi connectivity index (χ3v) is 3.44. The quantitative estimate of drug-likeness (QED) is 0.851. The number of nitrogens with one attached hydrogen (secondary N) is 1. The Morgan fingerprint density at radius 3 is 3.19 bits per heavy atom. The summed E-state index contributed by atoms with van der Waals surface area (Å²) in [6.45, 7) is 0. The molecule has 0 aliphatic carbocycles. The van der Waals surface area contributed by atoms with Crippen molar-refractivity contribution in [3.05, 3.63) is 30.1 Å². The lowest BCUT2D eigenvalue weighted by atomic mass is 10.1. The fourth-order valence-corrected chi connectivity index (χ4v) is 2.20. The minimum atomic E-state index is -0.772. The van der Waals surface area contributed by atoms with Crippen molar-refractivity contribution in [3.8, 4) is 0 Å². The highest BCUT2D eigenvalue weighted by molar-refractivity contribution is 7.99. The molecule has 0 bridgehead atoms. The van der Waals surface area contributed by atoms with Crippen LogP contribution >= 0.6 is 11.8 Å². The van der Waals surface area contributed by atoms with E-state index >= 15 is 0 Å². The number of thioether (sulfide) groups is 1. The highest BCUT2D eigenvalue weighted by atomic mass is 32.2. The largest absolute Gasteiger partial charge is 0.480 e. The molecule has 0 unspecified atom stereocenters. The van der Waals surface area contributed by atoms with Crippen LogP contribution in [0.2, 0.25) is 0 Å². The lowest BCUT2D eigenvalue weighted by Crippen LogP contribution is -2.18. The highest BCUT2D eigenvalue weighted by Crippen LogP contribution is 2.21. The molecule has 4 nitrogen and oxygen atoms in total. The van der Waals surface area contributed by atoms with Gasteiger partial charge in [0.05, 0.1) is 0 Å². The standard InChI is InChI=1S/C11H12N2O2S/c1-16-9(11(14)15)5-7-6-13-10-8(7)3-2-4-12-10/h2-4,6,9H,5H2,1H3,(H,12,13)(H,14,15)/t9-/m0/s1. The SMILES string of the molecule is CS[C@@H](Cc1c[nH]c2ncccc12)C(=O)O. The molecule has 5 heteroatoms. The summed E-state index contributed by atoms with van der Waals surface area (Å²) in [6, 6.07) is 3.81. The molecule has 84 valence electrons. The first-order chi connectivity index (χ1) is 7.72. The Morgan fingerprint density at radius 1 is 1.69 bits per heavy atom. The number of carboxylic acid groups (broad SMARTS) is 1. The van der Waals surface area contributed by atoms with Gasteiger partial charge in [0.2, 0.25) is 0 Å². The Kier molecular flexibility index (Phi) is 3.14.